The maximum atomic E-state index is 14.4. The van der Waals surface area contributed by atoms with Crippen molar-refractivity contribution in [1.82, 2.24) is 19.9 Å². The lowest BCUT2D eigenvalue weighted by molar-refractivity contribution is -0.125. The highest BCUT2D eigenvalue weighted by atomic mass is 35.5. The monoisotopic (exact) mass is 397 g/mol. The van der Waals surface area contributed by atoms with Gasteiger partial charge in [0, 0.05) is 31.9 Å². The molecule has 1 aliphatic heterocycles. The number of carbonyl (C=O) groups excluding carboxylic acids is 1. The number of amides is 1. The number of halogens is 3. The van der Waals surface area contributed by atoms with Crippen LogP contribution in [0.1, 0.15) is 25.0 Å². The van der Waals surface area contributed by atoms with E-state index >= 15 is 0 Å². The van der Waals surface area contributed by atoms with Crippen molar-refractivity contribution in [3.8, 4) is 0 Å². The maximum Gasteiger partial charge on any atom is 0.266 e. The highest BCUT2D eigenvalue weighted by molar-refractivity contribution is 6.30. The van der Waals surface area contributed by atoms with Crippen molar-refractivity contribution in [3.05, 3.63) is 51.8 Å². The molecule has 1 fully saturated rings. The molecule has 1 aliphatic rings. The first kappa shape index (κ1) is 19.4. The number of aromatic amines is 1. The third-order valence-electron chi connectivity index (χ3n) is 4.62. The van der Waals surface area contributed by atoms with Gasteiger partial charge in [0.1, 0.15) is 5.82 Å². The number of H-pyrrole nitrogens is 1. The Balaban J connectivity index is 1.72. The first-order valence-corrected chi connectivity index (χ1v) is 8.73. The van der Waals surface area contributed by atoms with Gasteiger partial charge in [0.2, 0.25) is 5.91 Å². The van der Waals surface area contributed by atoms with E-state index in [1.807, 2.05) is 0 Å². The van der Waals surface area contributed by atoms with E-state index in [9.17, 15) is 18.4 Å². The van der Waals surface area contributed by atoms with Crippen LogP contribution in [0.2, 0.25) is 5.02 Å². The Hall–Kier alpha value is -2.39. The molecule has 1 amide bonds. The number of nitrogens with one attached hydrogen (secondary N) is 2. The number of piperidine rings is 1. The molecule has 0 aliphatic carbocycles. The van der Waals surface area contributed by atoms with Crippen LogP contribution in [0.5, 0.6) is 0 Å². The van der Waals surface area contributed by atoms with Gasteiger partial charge in [0.15, 0.2) is 0 Å². The molecule has 0 bridgehead atoms. The Morgan fingerprint density at radius 1 is 1.41 bits per heavy atom. The third kappa shape index (κ3) is 4.48. The Kier molecular flexibility index (Phi) is 5.52. The molecule has 0 spiro atoms. The molecule has 0 aromatic carbocycles. The lowest BCUT2D eigenvalue weighted by Gasteiger charge is -2.40. The zero-order valence-electron chi connectivity index (χ0n) is 14.5. The second kappa shape index (κ2) is 7.69. The van der Waals surface area contributed by atoms with E-state index < -0.39 is 29.9 Å². The van der Waals surface area contributed by atoms with Crippen LogP contribution in [0, 0.1) is 0 Å². The first-order chi connectivity index (χ1) is 12.8. The summed E-state index contributed by atoms with van der Waals surface area (Å²) in [7, 11) is 0. The molecule has 0 saturated carbocycles. The minimum Gasteiger partial charge on any atom is -0.326 e. The topological polar surface area (TPSA) is 91.0 Å². The van der Waals surface area contributed by atoms with Gasteiger partial charge in [-0.05, 0) is 19.1 Å². The third-order valence-corrected chi connectivity index (χ3v) is 4.84. The minimum atomic E-state index is -2.98. The van der Waals surface area contributed by atoms with Crippen molar-refractivity contribution >= 4 is 23.3 Å². The maximum absolute atomic E-state index is 14.4. The van der Waals surface area contributed by atoms with E-state index in [-0.39, 0.29) is 24.7 Å². The fourth-order valence-electron chi connectivity index (χ4n) is 2.98. The van der Waals surface area contributed by atoms with E-state index in [1.165, 1.54) is 12.4 Å². The van der Waals surface area contributed by atoms with Gasteiger partial charge in [-0.15, -0.1) is 0 Å². The van der Waals surface area contributed by atoms with Crippen LogP contribution in [0.4, 0.5) is 14.6 Å². The number of rotatable bonds is 4. The van der Waals surface area contributed by atoms with Gasteiger partial charge in [0.05, 0.1) is 28.9 Å². The normalized spacial score (nSPS) is 20.8. The molecule has 1 unspecified atom stereocenters. The second-order valence-corrected chi connectivity index (χ2v) is 6.86. The van der Waals surface area contributed by atoms with Gasteiger partial charge in [-0.3, -0.25) is 19.5 Å². The largest absolute Gasteiger partial charge is 0.326 e. The molecule has 27 heavy (non-hydrogen) atoms. The van der Waals surface area contributed by atoms with Gasteiger partial charge in [-0.25, -0.2) is 13.8 Å². The van der Waals surface area contributed by atoms with Crippen LogP contribution in [-0.4, -0.2) is 50.8 Å². The average Bonchev–Trinajstić information content (AvgIpc) is 2.64. The molecule has 1 saturated heterocycles. The number of alkyl halides is 2. The molecule has 2 N–H and O–H groups in total. The van der Waals surface area contributed by atoms with Crippen LogP contribution in [-0.2, 0) is 4.79 Å². The first-order valence-electron chi connectivity index (χ1n) is 8.35. The molecular weight excluding hydrogens is 380 g/mol. The standard InChI is InChI=1S/C17H18ClF2N5O2/c1-10(16(27)24-14-3-2-11(18)6-22-14)25-5-4-17(19,20)12(9-25)13-7-23-15(26)8-21-13/h2-3,6-8,10,12H,4-5,9H2,1H3,(H,23,26)(H,22,24,27)/t10?,12-/m1/s1. The zero-order chi connectivity index (χ0) is 19.6. The summed E-state index contributed by atoms with van der Waals surface area (Å²) in [6, 6.07) is 2.50. The minimum absolute atomic E-state index is 0.0608. The van der Waals surface area contributed by atoms with Crippen molar-refractivity contribution < 1.29 is 13.6 Å². The summed E-state index contributed by atoms with van der Waals surface area (Å²) in [6.07, 6.45) is 3.18. The molecule has 7 nitrogen and oxygen atoms in total. The van der Waals surface area contributed by atoms with Crippen LogP contribution in [0.15, 0.2) is 35.5 Å². The van der Waals surface area contributed by atoms with Gasteiger partial charge in [-0.1, -0.05) is 11.6 Å². The van der Waals surface area contributed by atoms with Crippen molar-refractivity contribution in [2.45, 2.75) is 31.2 Å². The molecule has 3 heterocycles. The second-order valence-electron chi connectivity index (χ2n) is 6.42. The quantitative estimate of drug-likeness (QED) is 0.825. The summed E-state index contributed by atoms with van der Waals surface area (Å²) in [5.41, 5.74) is -0.366. The number of aromatic nitrogens is 3. The number of hydrogen-bond acceptors (Lipinski definition) is 5. The molecule has 2 aromatic rings. The lowest BCUT2D eigenvalue weighted by atomic mass is 9.90. The smallest absolute Gasteiger partial charge is 0.266 e. The fourth-order valence-corrected chi connectivity index (χ4v) is 3.09. The predicted molar refractivity (Wildman–Crippen MR) is 96.1 cm³/mol. The molecule has 10 heteroatoms. The van der Waals surface area contributed by atoms with E-state index in [2.05, 4.69) is 20.3 Å². The number of pyridine rings is 1. The molecule has 3 rings (SSSR count). The van der Waals surface area contributed by atoms with Crippen molar-refractivity contribution in [2.75, 3.05) is 18.4 Å². The van der Waals surface area contributed by atoms with E-state index in [0.29, 0.717) is 10.8 Å². The highest BCUT2D eigenvalue weighted by Gasteiger charge is 2.47. The summed E-state index contributed by atoms with van der Waals surface area (Å²) < 4.78 is 28.8. The van der Waals surface area contributed by atoms with Crippen molar-refractivity contribution in [3.63, 3.8) is 0 Å². The number of likely N-dealkylation sites (tertiary alicyclic amines) is 1. The number of carbonyl (C=O) groups is 1. The van der Waals surface area contributed by atoms with Gasteiger partial charge < -0.3 is 10.3 Å². The van der Waals surface area contributed by atoms with Crippen LogP contribution >= 0.6 is 11.6 Å². The molecule has 144 valence electrons. The average molecular weight is 398 g/mol. The van der Waals surface area contributed by atoms with Gasteiger partial charge in [-0.2, -0.15) is 0 Å². The van der Waals surface area contributed by atoms with Gasteiger partial charge in [0.25, 0.3) is 11.5 Å². The Morgan fingerprint density at radius 3 is 2.81 bits per heavy atom. The highest BCUT2D eigenvalue weighted by Crippen LogP contribution is 2.39. The summed E-state index contributed by atoms with van der Waals surface area (Å²) in [4.78, 5) is 35.5. The zero-order valence-corrected chi connectivity index (χ0v) is 15.2. The Bertz CT molecular complexity index is 854. The van der Waals surface area contributed by atoms with E-state index in [0.717, 1.165) is 6.20 Å². The van der Waals surface area contributed by atoms with Gasteiger partial charge >= 0.3 is 0 Å². The summed E-state index contributed by atoms with van der Waals surface area (Å²) in [6.45, 7) is 1.65. The van der Waals surface area contributed by atoms with Crippen molar-refractivity contribution in [1.29, 1.82) is 0 Å². The summed E-state index contributed by atoms with van der Waals surface area (Å²) >= 11 is 5.76. The SMILES string of the molecule is CC(C(=O)Nc1ccc(Cl)cn1)N1CCC(F)(F)[C@@H](c2c[nH]c(=O)cn2)C1. The Labute approximate surface area is 158 Å². The van der Waals surface area contributed by atoms with Crippen LogP contribution < -0.4 is 10.9 Å². The number of nitrogens with zero attached hydrogens (tertiary/aromatic N) is 3. The van der Waals surface area contributed by atoms with Crippen molar-refractivity contribution in [2.24, 2.45) is 0 Å². The van der Waals surface area contributed by atoms with E-state index in [4.69, 9.17) is 11.6 Å². The lowest BCUT2D eigenvalue weighted by Crippen LogP contribution is -2.52. The molecule has 2 atom stereocenters. The number of anilines is 1. The summed E-state index contributed by atoms with van der Waals surface area (Å²) in [5, 5.41) is 3.09. The molecule has 2 aromatic heterocycles. The fraction of sp³-hybridized carbons (Fsp3) is 0.412. The molecular formula is C17H18ClF2N5O2. The summed E-state index contributed by atoms with van der Waals surface area (Å²) in [5.74, 6) is -4.22. The molecule has 0 radical (unpaired) electrons. The van der Waals surface area contributed by atoms with E-state index in [1.54, 1.807) is 24.0 Å². The Morgan fingerprint density at radius 2 is 2.19 bits per heavy atom. The number of hydrogen-bond donors (Lipinski definition) is 2. The van der Waals surface area contributed by atoms with Crippen LogP contribution in [0.25, 0.3) is 0 Å². The predicted octanol–water partition coefficient (Wildman–Crippen LogP) is 2.27. The van der Waals surface area contributed by atoms with Crippen LogP contribution in [0.3, 0.4) is 0 Å².